The van der Waals surface area contributed by atoms with Crippen LogP contribution < -0.4 is 5.69 Å². The molecule has 0 amide bonds. The number of fused-ring (bicyclic) bond motifs is 1. The summed E-state index contributed by atoms with van der Waals surface area (Å²) in [7, 11) is 0. The third kappa shape index (κ3) is 3.46. The minimum Gasteiger partial charge on any atom is -0.443 e. The van der Waals surface area contributed by atoms with Gasteiger partial charge in [-0.25, -0.2) is 4.79 Å². The van der Waals surface area contributed by atoms with Crippen LogP contribution in [0.1, 0.15) is 45.8 Å². The van der Waals surface area contributed by atoms with E-state index in [4.69, 9.17) is 4.42 Å². The normalized spacial score (nSPS) is 11.6. The zero-order valence-electron chi connectivity index (χ0n) is 12.0. The van der Waals surface area contributed by atoms with Crippen LogP contribution in [-0.4, -0.2) is 9.55 Å². The van der Waals surface area contributed by atoms with Gasteiger partial charge >= 0.3 is 5.69 Å². The van der Waals surface area contributed by atoms with Gasteiger partial charge in [-0.05, 0) is 24.8 Å². The maximum atomic E-state index is 11.9. The molecule has 2 aromatic heterocycles. The van der Waals surface area contributed by atoms with Crippen LogP contribution in [0, 0.1) is 5.92 Å². The zero-order valence-corrected chi connectivity index (χ0v) is 12.0. The first-order valence-corrected chi connectivity index (χ1v) is 7.10. The van der Waals surface area contributed by atoms with Crippen molar-refractivity contribution in [2.45, 2.75) is 53.0 Å². The predicted molar refractivity (Wildman–Crippen MR) is 76.3 cm³/mol. The minimum atomic E-state index is -0.218. The highest BCUT2D eigenvalue weighted by molar-refractivity contribution is 5.72. The molecule has 2 rings (SSSR count). The standard InChI is InChI=1S/C15H22N2O2/c1-4-5-6-13-9-12-10-17(8-7-11(2)3)15(18)16-14(12)19-13/h9-11H,4-8H2,1-3H3. The lowest BCUT2D eigenvalue weighted by Gasteiger charge is -2.06. The van der Waals surface area contributed by atoms with E-state index in [-0.39, 0.29) is 5.69 Å². The zero-order chi connectivity index (χ0) is 13.8. The molecule has 2 heterocycles. The van der Waals surface area contributed by atoms with E-state index >= 15 is 0 Å². The lowest BCUT2D eigenvalue weighted by atomic mass is 10.1. The Morgan fingerprint density at radius 2 is 2.21 bits per heavy atom. The molecule has 19 heavy (non-hydrogen) atoms. The number of hydrogen-bond donors (Lipinski definition) is 0. The molecule has 2 aromatic rings. The summed E-state index contributed by atoms with van der Waals surface area (Å²) >= 11 is 0. The fourth-order valence-electron chi connectivity index (χ4n) is 2.03. The van der Waals surface area contributed by atoms with Crippen LogP contribution >= 0.6 is 0 Å². The Morgan fingerprint density at radius 1 is 1.42 bits per heavy atom. The Labute approximate surface area is 113 Å². The van der Waals surface area contributed by atoms with E-state index in [0.29, 0.717) is 11.6 Å². The van der Waals surface area contributed by atoms with Crippen molar-refractivity contribution in [3.8, 4) is 0 Å². The van der Waals surface area contributed by atoms with Crippen molar-refractivity contribution in [1.29, 1.82) is 0 Å². The number of nitrogens with zero attached hydrogens (tertiary/aromatic N) is 2. The Balaban J connectivity index is 2.25. The molecule has 0 saturated carbocycles. The van der Waals surface area contributed by atoms with Crippen molar-refractivity contribution in [2.75, 3.05) is 0 Å². The number of hydrogen-bond acceptors (Lipinski definition) is 3. The third-order valence-corrected chi connectivity index (χ3v) is 3.25. The van der Waals surface area contributed by atoms with E-state index in [1.54, 1.807) is 4.57 Å². The highest BCUT2D eigenvalue weighted by Crippen LogP contribution is 2.17. The quantitative estimate of drug-likeness (QED) is 0.801. The first-order chi connectivity index (χ1) is 9.10. The predicted octanol–water partition coefficient (Wildman–Crippen LogP) is 3.38. The fourth-order valence-corrected chi connectivity index (χ4v) is 2.03. The summed E-state index contributed by atoms with van der Waals surface area (Å²) in [5.41, 5.74) is 0.251. The van der Waals surface area contributed by atoms with Crippen molar-refractivity contribution in [3.05, 3.63) is 28.5 Å². The third-order valence-electron chi connectivity index (χ3n) is 3.25. The number of rotatable bonds is 6. The first kappa shape index (κ1) is 13.8. The summed E-state index contributed by atoms with van der Waals surface area (Å²) < 4.78 is 7.29. The molecule has 0 aliphatic carbocycles. The van der Waals surface area contributed by atoms with E-state index in [0.717, 1.165) is 43.4 Å². The Bertz CT molecular complexity index is 596. The Hall–Kier alpha value is -1.58. The Kier molecular flexibility index (Phi) is 4.40. The molecule has 0 aliphatic rings. The van der Waals surface area contributed by atoms with Gasteiger partial charge in [-0.2, -0.15) is 4.98 Å². The average molecular weight is 262 g/mol. The van der Waals surface area contributed by atoms with Crippen molar-refractivity contribution in [1.82, 2.24) is 9.55 Å². The van der Waals surface area contributed by atoms with Gasteiger partial charge in [-0.15, -0.1) is 0 Å². The first-order valence-electron chi connectivity index (χ1n) is 7.10. The van der Waals surface area contributed by atoms with Crippen molar-refractivity contribution < 1.29 is 4.42 Å². The fraction of sp³-hybridized carbons (Fsp3) is 0.600. The van der Waals surface area contributed by atoms with E-state index in [2.05, 4.69) is 25.8 Å². The van der Waals surface area contributed by atoms with Gasteiger partial charge in [-0.1, -0.05) is 27.2 Å². The van der Waals surface area contributed by atoms with Crippen LogP contribution in [0.4, 0.5) is 0 Å². The van der Waals surface area contributed by atoms with Gasteiger partial charge in [-0.3, -0.25) is 4.57 Å². The molecule has 0 unspecified atom stereocenters. The molecule has 0 saturated heterocycles. The molecule has 0 atom stereocenters. The molecule has 4 nitrogen and oxygen atoms in total. The van der Waals surface area contributed by atoms with Crippen LogP contribution in [0.3, 0.4) is 0 Å². The largest absolute Gasteiger partial charge is 0.443 e. The molecule has 0 spiro atoms. The second kappa shape index (κ2) is 6.04. The van der Waals surface area contributed by atoms with Crippen molar-refractivity contribution in [3.63, 3.8) is 0 Å². The number of furan rings is 1. The molecule has 0 fully saturated rings. The van der Waals surface area contributed by atoms with Gasteiger partial charge in [0.25, 0.3) is 0 Å². The van der Waals surface area contributed by atoms with Gasteiger partial charge in [0, 0.05) is 19.2 Å². The van der Waals surface area contributed by atoms with Gasteiger partial charge in [0.1, 0.15) is 5.76 Å². The van der Waals surface area contributed by atoms with E-state index in [1.165, 1.54) is 0 Å². The van der Waals surface area contributed by atoms with Crippen LogP contribution in [0.5, 0.6) is 0 Å². The van der Waals surface area contributed by atoms with Gasteiger partial charge < -0.3 is 4.42 Å². The molecular formula is C15H22N2O2. The van der Waals surface area contributed by atoms with E-state index in [1.807, 2.05) is 12.3 Å². The van der Waals surface area contributed by atoms with Gasteiger partial charge in [0.05, 0.1) is 5.39 Å². The monoisotopic (exact) mass is 262 g/mol. The summed E-state index contributed by atoms with van der Waals surface area (Å²) in [6.07, 6.45) is 5.98. The molecule has 0 aliphatic heterocycles. The summed E-state index contributed by atoms with van der Waals surface area (Å²) in [5.74, 6) is 1.50. The highest BCUT2D eigenvalue weighted by Gasteiger charge is 2.08. The molecule has 104 valence electrons. The summed E-state index contributed by atoms with van der Waals surface area (Å²) in [6.45, 7) is 7.17. The molecule has 0 radical (unpaired) electrons. The second-order valence-corrected chi connectivity index (χ2v) is 5.48. The smallest absolute Gasteiger partial charge is 0.350 e. The maximum Gasteiger partial charge on any atom is 0.350 e. The van der Waals surface area contributed by atoms with E-state index < -0.39 is 0 Å². The van der Waals surface area contributed by atoms with E-state index in [9.17, 15) is 4.79 Å². The average Bonchev–Trinajstić information content (AvgIpc) is 2.75. The maximum absolute atomic E-state index is 11.9. The molecule has 0 N–H and O–H groups in total. The number of aromatic nitrogens is 2. The molecule has 0 aromatic carbocycles. The van der Waals surface area contributed by atoms with Crippen LogP contribution in [0.25, 0.3) is 11.1 Å². The van der Waals surface area contributed by atoms with Crippen LogP contribution in [0.15, 0.2) is 21.5 Å². The second-order valence-electron chi connectivity index (χ2n) is 5.48. The summed E-state index contributed by atoms with van der Waals surface area (Å²) in [6, 6.07) is 2.00. The van der Waals surface area contributed by atoms with Crippen LogP contribution in [0.2, 0.25) is 0 Å². The SMILES string of the molecule is CCCCc1cc2cn(CCC(C)C)c(=O)nc2o1. The Morgan fingerprint density at radius 3 is 2.89 bits per heavy atom. The lowest BCUT2D eigenvalue weighted by Crippen LogP contribution is -2.22. The van der Waals surface area contributed by atoms with Gasteiger partial charge in [0.2, 0.25) is 5.71 Å². The van der Waals surface area contributed by atoms with Crippen LogP contribution in [-0.2, 0) is 13.0 Å². The topological polar surface area (TPSA) is 48.0 Å². The van der Waals surface area contributed by atoms with Gasteiger partial charge in [0.15, 0.2) is 0 Å². The molecular weight excluding hydrogens is 240 g/mol. The van der Waals surface area contributed by atoms with Crippen molar-refractivity contribution >= 4 is 11.1 Å². The van der Waals surface area contributed by atoms with Crippen molar-refractivity contribution in [2.24, 2.45) is 5.92 Å². The lowest BCUT2D eigenvalue weighted by molar-refractivity contribution is 0.497. The number of aryl methyl sites for hydroxylation is 2. The minimum absolute atomic E-state index is 0.218. The molecule has 0 bridgehead atoms. The summed E-state index contributed by atoms with van der Waals surface area (Å²) in [5, 5.41) is 0.925. The highest BCUT2D eigenvalue weighted by atomic mass is 16.3. The summed E-state index contributed by atoms with van der Waals surface area (Å²) in [4.78, 5) is 15.9. The molecule has 4 heteroatoms. The number of unbranched alkanes of at least 4 members (excludes halogenated alkanes) is 1.